The normalized spacial score (nSPS) is 14.8. The minimum atomic E-state index is -0.578. The number of benzene rings is 2. The van der Waals surface area contributed by atoms with Crippen LogP contribution in [0.15, 0.2) is 89.7 Å². The van der Waals surface area contributed by atoms with Crippen molar-refractivity contribution in [3.8, 4) is 28.4 Å². The lowest BCUT2D eigenvalue weighted by Gasteiger charge is -2.26. The Hall–Kier alpha value is -3.66. The molecule has 0 amide bonds. The largest absolute Gasteiger partial charge is 0.569 e. The summed E-state index contributed by atoms with van der Waals surface area (Å²) >= 11 is 3.40. The van der Waals surface area contributed by atoms with Crippen molar-refractivity contribution in [2.45, 2.75) is 0 Å². The molecule has 48 heavy (non-hydrogen) atoms. The molecule has 4 aromatic rings. The molecule has 0 aliphatic carbocycles. The molecule has 14 heteroatoms. The van der Waals surface area contributed by atoms with E-state index in [0.717, 1.165) is 105 Å². The molecule has 0 atom stereocenters. The van der Waals surface area contributed by atoms with Crippen LogP contribution in [0.1, 0.15) is 0 Å². The highest BCUT2D eigenvalue weighted by Gasteiger charge is 2.11. The lowest BCUT2D eigenvalue weighted by atomic mass is 10.1. The van der Waals surface area contributed by atoms with Gasteiger partial charge in [0.1, 0.15) is 30.5 Å². The van der Waals surface area contributed by atoms with Crippen LogP contribution in [-0.2, 0) is 9.47 Å². The van der Waals surface area contributed by atoms with Crippen molar-refractivity contribution in [2.75, 3.05) is 78.9 Å². The van der Waals surface area contributed by atoms with Gasteiger partial charge in [-0.2, -0.15) is 8.78 Å². The molecule has 2 aromatic heterocycles. The first kappa shape index (κ1) is 37.2. The first-order valence-corrected chi connectivity index (χ1v) is 16.4. The van der Waals surface area contributed by atoms with Crippen LogP contribution in [0.2, 0.25) is 0 Å². The van der Waals surface area contributed by atoms with E-state index in [2.05, 4.69) is 40.4 Å². The monoisotopic (exact) mass is 727 g/mol. The van der Waals surface area contributed by atoms with E-state index in [0.29, 0.717) is 20.0 Å². The molecule has 0 bridgehead atoms. The van der Waals surface area contributed by atoms with Crippen molar-refractivity contribution >= 4 is 23.6 Å². The molecule has 2 fully saturated rings. The summed E-state index contributed by atoms with van der Waals surface area (Å²) in [6, 6.07) is 21.3. The van der Waals surface area contributed by atoms with E-state index in [1.165, 1.54) is 24.5 Å². The van der Waals surface area contributed by atoms with Gasteiger partial charge in [0.25, 0.3) is 0 Å². The van der Waals surface area contributed by atoms with Gasteiger partial charge in [-0.25, -0.2) is 9.97 Å². The summed E-state index contributed by atoms with van der Waals surface area (Å²) in [5, 5.41) is 8.12. The van der Waals surface area contributed by atoms with Gasteiger partial charge in [0, 0.05) is 55.5 Å². The average molecular weight is 728 g/mol. The second-order valence-corrected chi connectivity index (χ2v) is 11.4. The van der Waals surface area contributed by atoms with E-state index < -0.39 is 11.9 Å². The maximum Gasteiger partial charge on any atom is 0.569 e. The van der Waals surface area contributed by atoms with E-state index in [-0.39, 0.29) is 0 Å². The molecule has 4 heterocycles. The first-order valence-electron chi connectivity index (χ1n) is 15.6. The van der Waals surface area contributed by atoms with Gasteiger partial charge in [-0.3, -0.25) is 9.80 Å². The number of ether oxygens (including phenoxy) is 4. The minimum Gasteiger partial charge on any atom is -0.536 e. The highest BCUT2D eigenvalue weighted by molar-refractivity contribution is 9.10. The molecule has 0 saturated carbocycles. The number of pyridine rings is 2. The standard InChI is InChI=1S/C17H19FN2O2.C12H16BrNO2.C5H4BFNO2/c18-17-6-3-15(13-19-17)14-1-4-16(5-2-14)22-12-9-20-7-10-21-11-8-20;13-11-1-3-12(4-2-11)16-10-7-14-5-8-15-9-6-14;7-5-2-1-4(3-8-5)10-6-9/h1-6,13H,7-12H2;1-4H,5-10H2;1-3,9H. The van der Waals surface area contributed by atoms with Gasteiger partial charge in [0.05, 0.1) is 32.6 Å². The van der Waals surface area contributed by atoms with Gasteiger partial charge in [0.2, 0.25) is 11.9 Å². The first-order chi connectivity index (χ1) is 23.5. The number of hydrogen-bond donors (Lipinski definition) is 1. The van der Waals surface area contributed by atoms with Crippen molar-refractivity contribution < 1.29 is 37.4 Å². The van der Waals surface area contributed by atoms with E-state index >= 15 is 0 Å². The fourth-order valence-corrected chi connectivity index (χ4v) is 4.81. The molecular formula is C34H39BBrF2N4O6. The molecule has 2 aromatic carbocycles. The molecule has 0 spiro atoms. The van der Waals surface area contributed by atoms with Crippen molar-refractivity contribution in [1.82, 2.24) is 19.8 Å². The zero-order valence-corrected chi connectivity index (χ0v) is 28.1. The van der Waals surface area contributed by atoms with Crippen LogP contribution in [0.25, 0.3) is 11.1 Å². The second kappa shape index (κ2) is 21.3. The van der Waals surface area contributed by atoms with Gasteiger partial charge >= 0.3 is 7.69 Å². The molecule has 255 valence electrons. The quantitative estimate of drug-likeness (QED) is 0.170. The molecule has 10 nitrogen and oxygen atoms in total. The van der Waals surface area contributed by atoms with Crippen LogP contribution in [0, 0.1) is 11.9 Å². The maximum absolute atomic E-state index is 12.8. The molecule has 0 unspecified atom stereocenters. The number of aromatic nitrogens is 2. The topological polar surface area (TPSA) is 98.6 Å². The molecule has 6 rings (SSSR count). The Morgan fingerprint density at radius 3 is 1.56 bits per heavy atom. The molecule has 2 aliphatic rings. The number of halogens is 3. The SMILES string of the molecule is Brc1ccc(OCCN2CCOCC2)cc1.Fc1ccc(-c2ccc(OCCN3CCOCC3)cc2)cn1.O[B]Oc1ccc(F)nc1. The van der Waals surface area contributed by atoms with Crippen LogP contribution in [0.4, 0.5) is 8.78 Å². The Bertz CT molecular complexity index is 1430. The third-order valence-electron chi connectivity index (χ3n) is 7.18. The fourth-order valence-electron chi connectivity index (χ4n) is 4.55. The van der Waals surface area contributed by atoms with Gasteiger partial charge in [-0.1, -0.05) is 28.1 Å². The van der Waals surface area contributed by atoms with E-state index in [9.17, 15) is 8.78 Å². The zero-order chi connectivity index (χ0) is 33.8. The van der Waals surface area contributed by atoms with Crippen molar-refractivity contribution in [3.63, 3.8) is 0 Å². The summed E-state index contributed by atoms with van der Waals surface area (Å²) in [5.41, 5.74) is 1.88. The molecule has 1 N–H and O–H groups in total. The highest BCUT2D eigenvalue weighted by Crippen LogP contribution is 2.22. The highest BCUT2D eigenvalue weighted by atomic mass is 79.9. The molecule has 2 saturated heterocycles. The van der Waals surface area contributed by atoms with Crippen LogP contribution < -0.4 is 14.1 Å². The van der Waals surface area contributed by atoms with Gasteiger partial charge in [-0.05, 0) is 66.2 Å². The zero-order valence-electron chi connectivity index (χ0n) is 26.6. The Morgan fingerprint density at radius 2 is 1.10 bits per heavy atom. The Labute approximate surface area is 289 Å². The number of nitrogens with zero attached hydrogens (tertiary/aromatic N) is 4. The van der Waals surface area contributed by atoms with Gasteiger partial charge < -0.3 is 28.6 Å². The Balaban J connectivity index is 0.000000175. The summed E-state index contributed by atoms with van der Waals surface area (Å²) in [4.78, 5) is 11.6. The predicted octanol–water partition coefficient (Wildman–Crippen LogP) is 4.88. The number of hydrogen-bond acceptors (Lipinski definition) is 10. The van der Waals surface area contributed by atoms with Crippen molar-refractivity contribution in [3.05, 3.63) is 102 Å². The molecule has 2 aliphatic heterocycles. The predicted molar refractivity (Wildman–Crippen MR) is 182 cm³/mol. The summed E-state index contributed by atoms with van der Waals surface area (Å²) < 4.78 is 52.5. The van der Waals surface area contributed by atoms with E-state index in [1.54, 1.807) is 6.07 Å². The van der Waals surface area contributed by atoms with E-state index in [4.69, 9.17) is 24.0 Å². The lowest BCUT2D eigenvalue weighted by molar-refractivity contribution is 0.0321. The summed E-state index contributed by atoms with van der Waals surface area (Å²) in [6.07, 6.45) is 2.70. The summed E-state index contributed by atoms with van der Waals surface area (Å²) in [7, 11) is 0.509. The van der Waals surface area contributed by atoms with Gasteiger partial charge in [0.15, 0.2) is 0 Å². The number of morpholine rings is 2. The second-order valence-electron chi connectivity index (χ2n) is 10.5. The molecule has 1 radical (unpaired) electrons. The van der Waals surface area contributed by atoms with Crippen molar-refractivity contribution in [2.24, 2.45) is 0 Å². The molecular weight excluding hydrogens is 689 g/mol. The Kier molecular flexibility index (Phi) is 16.5. The third kappa shape index (κ3) is 14.2. The fraction of sp³-hybridized carbons (Fsp3) is 0.353. The minimum absolute atomic E-state index is 0.295. The summed E-state index contributed by atoms with van der Waals surface area (Å²) in [5.74, 6) is 1.02. The third-order valence-corrected chi connectivity index (χ3v) is 7.71. The lowest BCUT2D eigenvalue weighted by Crippen LogP contribution is -2.38. The summed E-state index contributed by atoms with van der Waals surface area (Å²) in [6.45, 7) is 10.6. The van der Waals surface area contributed by atoms with Crippen LogP contribution >= 0.6 is 15.9 Å². The van der Waals surface area contributed by atoms with Crippen molar-refractivity contribution in [1.29, 1.82) is 0 Å². The Morgan fingerprint density at radius 1 is 0.646 bits per heavy atom. The van der Waals surface area contributed by atoms with Crippen LogP contribution in [-0.4, -0.2) is 111 Å². The average Bonchev–Trinajstić information content (AvgIpc) is 3.12. The van der Waals surface area contributed by atoms with Crippen LogP contribution in [0.3, 0.4) is 0 Å². The van der Waals surface area contributed by atoms with E-state index in [1.807, 2.05) is 48.5 Å². The smallest absolute Gasteiger partial charge is 0.536 e. The maximum atomic E-state index is 12.8. The number of rotatable bonds is 11. The van der Waals surface area contributed by atoms with Crippen LogP contribution in [0.5, 0.6) is 17.2 Å². The van der Waals surface area contributed by atoms with Gasteiger partial charge in [-0.15, -0.1) is 0 Å².